The summed E-state index contributed by atoms with van der Waals surface area (Å²) in [6, 6.07) is 8.41. The summed E-state index contributed by atoms with van der Waals surface area (Å²) in [6.07, 6.45) is 2.00. The lowest BCUT2D eigenvalue weighted by molar-refractivity contribution is 0.410. The number of nitrogens with zero attached hydrogens (tertiary/aromatic N) is 1. The molecule has 0 amide bonds. The summed E-state index contributed by atoms with van der Waals surface area (Å²) < 4.78 is 6.55. The summed E-state index contributed by atoms with van der Waals surface area (Å²) in [5.41, 5.74) is 2.44. The van der Waals surface area contributed by atoms with Crippen molar-refractivity contribution < 1.29 is 4.74 Å². The molecule has 0 fully saturated rings. The molecular formula is C17H19BrN2OS. The third kappa shape index (κ3) is 3.36. The van der Waals surface area contributed by atoms with Crippen molar-refractivity contribution >= 4 is 33.1 Å². The summed E-state index contributed by atoms with van der Waals surface area (Å²) in [4.78, 5) is 7.26. The Morgan fingerprint density at radius 3 is 2.95 bits per heavy atom. The number of ether oxygens (including phenoxy) is 1. The van der Waals surface area contributed by atoms with Crippen LogP contribution >= 0.6 is 27.3 Å². The SMILES string of the molecule is COc1ccc(Br)cc1Cc1cc(C2=NCCCN2)c(C)s1. The number of hydrogen-bond acceptors (Lipinski definition) is 4. The molecule has 3 rings (SSSR count). The fraction of sp³-hybridized carbons (Fsp3) is 0.353. The van der Waals surface area contributed by atoms with Crippen molar-refractivity contribution in [2.75, 3.05) is 20.2 Å². The molecule has 0 unspecified atom stereocenters. The molecule has 1 aliphatic rings. The zero-order valence-electron chi connectivity index (χ0n) is 12.8. The average Bonchev–Trinajstić information content (AvgIpc) is 2.89. The molecule has 0 radical (unpaired) electrons. The van der Waals surface area contributed by atoms with Crippen LogP contribution < -0.4 is 10.1 Å². The molecule has 0 bridgehead atoms. The van der Waals surface area contributed by atoms with Gasteiger partial charge in [-0.3, -0.25) is 4.99 Å². The maximum Gasteiger partial charge on any atom is 0.129 e. The minimum absolute atomic E-state index is 0.876. The van der Waals surface area contributed by atoms with Crippen LogP contribution in [-0.4, -0.2) is 26.0 Å². The maximum atomic E-state index is 5.47. The van der Waals surface area contributed by atoms with E-state index in [1.165, 1.54) is 20.9 Å². The number of aryl methyl sites for hydroxylation is 1. The molecular weight excluding hydrogens is 360 g/mol. The van der Waals surface area contributed by atoms with Crippen LogP contribution in [-0.2, 0) is 6.42 Å². The number of hydrogen-bond donors (Lipinski definition) is 1. The van der Waals surface area contributed by atoms with Crippen molar-refractivity contribution in [2.45, 2.75) is 19.8 Å². The molecule has 116 valence electrons. The molecule has 1 aromatic heterocycles. The fourth-order valence-electron chi connectivity index (χ4n) is 2.65. The van der Waals surface area contributed by atoms with E-state index in [1.54, 1.807) is 7.11 Å². The molecule has 1 aromatic carbocycles. The van der Waals surface area contributed by atoms with Crippen LogP contribution in [0.4, 0.5) is 0 Å². The first-order valence-electron chi connectivity index (χ1n) is 7.38. The maximum absolute atomic E-state index is 5.47. The van der Waals surface area contributed by atoms with E-state index in [0.29, 0.717) is 0 Å². The predicted octanol–water partition coefficient (Wildman–Crippen LogP) is 4.16. The van der Waals surface area contributed by atoms with E-state index in [1.807, 2.05) is 23.5 Å². The van der Waals surface area contributed by atoms with Gasteiger partial charge in [0.2, 0.25) is 0 Å². The summed E-state index contributed by atoms with van der Waals surface area (Å²) in [5, 5.41) is 3.41. The number of nitrogens with one attached hydrogen (secondary N) is 1. The van der Waals surface area contributed by atoms with Gasteiger partial charge in [-0.25, -0.2) is 0 Å². The molecule has 1 N–H and O–H groups in total. The van der Waals surface area contributed by atoms with Crippen LogP contribution in [0.25, 0.3) is 0 Å². The highest BCUT2D eigenvalue weighted by molar-refractivity contribution is 9.10. The van der Waals surface area contributed by atoms with Crippen molar-refractivity contribution in [3.8, 4) is 5.75 Å². The van der Waals surface area contributed by atoms with Crippen LogP contribution in [0.15, 0.2) is 33.7 Å². The normalized spacial score (nSPS) is 14.4. The van der Waals surface area contributed by atoms with Gasteiger partial charge in [0.1, 0.15) is 11.6 Å². The fourth-order valence-corrected chi connectivity index (χ4v) is 4.12. The number of thiophene rings is 1. The van der Waals surface area contributed by atoms with Crippen molar-refractivity contribution in [1.82, 2.24) is 5.32 Å². The van der Waals surface area contributed by atoms with E-state index in [2.05, 4.69) is 45.3 Å². The standard InChI is InChI=1S/C17H19BrN2OS/c1-11-15(17-19-6-3-7-20-17)10-14(22-11)9-12-8-13(18)4-5-16(12)21-2/h4-5,8,10H,3,6-7,9H2,1-2H3,(H,19,20). The van der Waals surface area contributed by atoms with Crippen molar-refractivity contribution in [1.29, 1.82) is 0 Å². The number of amidine groups is 1. The lowest BCUT2D eigenvalue weighted by Gasteiger charge is -2.14. The summed E-state index contributed by atoms with van der Waals surface area (Å²) in [6.45, 7) is 4.11. The van der Waals surface area contributed by atoms with E-state index < -0.39 is 0 Å². The highest BCUT2D eigenvalue weighted by atomic mass is 79.9. The van der Waals surface area contributed by atoms with Crippen LogP contribution in [0, 0.1) is 6.92 Å². The van der Waals surface area contributed by atoms with Crippen LogP contribution in [0.5, 0.6) is 5.75 Å². The third-order valence-electron chi connectivity index (χ3n) is 3.73. The lowest BCUT2D eigenvalue weighted by atomic mass is 10.1. The topological polar surface area (TPSA) is 33.6 Å². The Kier molecular flexibility index (Phi) is 4.84. The minimum Gasteiger partial charge on any atom is -0.496 e. The zero-order chi connectivity index (χ0) is 15.5. The van der Waals surface area contributed by atoms with Gasteiger partial charge in [-0.1, -0.05) is 15.9 Å². The first kappa shape index (κ1) is 15.6. The molecule has 0 atom stereocenters. The molecule has 5 heteroatoms. The molecule has 1 aliphatic heterocycles. The van der Waals surface area contributed by atoms with Gasteiger partial charge in [0.05, 0.1) is 7.11 Å². The molecule has 2 aromatic rings. The van der Waals surface area contributed by atoms with Gasteiger partial charge in [0.15, 0.2) is 0 Å². The Bertz CT molecular complexity index is 709. The summed E-state index contributed by atoms with van der Waals surface area (Å²) >= 11 is 5.38. The second-order valence-corrected chi connectivity index (χ2v) is 7.58. The molecule has 0 saturated heterocycles. The second kappa shape index (κ2) is 6.84. The Morgan fingerprint density at radius 1 is 1.36 bits per heavy atom. The van der Waals surface area contributed by atoms with Crippen LogP contribution in [0.3, 0.4) is 0 Å². The van der Waals surface area contributed by atoms with Crippen molar-refractivity contribution in [3.05, 3.63) is 49.6 Å². The second-order valence-electron chi connectivity index (χ2n) is 5.33. The molecule has 3 nitrogen and oxygen atoms in total. The van der Waals surface area contributed by atoms with Crippen LogP contribution in [0.1, 0.15) is 27.3 Å². The molecule has 0 spiro atoms. The number of benzene rings is 1. The Labute approximate surface area is 143 Å². The van der Waals surface area contributed by atoms with E-state index in [-0.39, 0.29) is 0 Å². The van der Waals surface area contributed by atoms with Gasteiger partial charge in [0, 0.05) is 44.9 Å². The van der Waals surface area contributed by atoms with Gasteiger partial charge in [-0.05, 0) is 37.6 Å². The number of methoxy groups -OCH3 is 1. The van der Waals surface area contributed by atoms with E-state index >= 15 is 0 Å². The average molecular weight is 379 g/mol. The predicted molar refractivity (Wildman–Crippen MR) is 96.6 cm³/mol. The Hall–Kier alpha value is -1.33. The van der Waals surface area contributed by atoms with Gasteiger partial charge in [-0.15, -0.1) is 11.3 Å². The molecule has 2 heterocycles. The first-order chi connectivity index (χ1) is 10.7. The van der Waals surface area contributed by atoms with Gasteiger partial charge >= 0.3 is 0 Å². The van der Waals surface area contributed by atoms with E-state index in [9.17, 15) is 0 Å². The number of halogens is 1. The van der Waals surface area contributed by atoms with Gasteiger partial charge in [-0.2, -0.15) is 0 Å². The molecule has 0 saturated carbocycles. The summed E-state index contributed by atoms with van der Waals surface area (Å²) in [7, 11) is 1.72. The number of rotatable bonds is 4. The Morgan fingerprint density at radius 2 is 2.23 bits per heavy atom. The first-order valence-corrected chi connectivity index (χ1v) is 8.98. The highest BCUT2D eigenvalue weighted by Crippen LogP contribution is 2.30. The monoisotopic (exact) mass is 378 g/mol. The largest absolute Gasteiger partial charge is 0.496 e. The quantitative estimate of drug-likeness (QED) is 0.866. The number of aliphatic imine (C=N–C) groups is 1. The summed E-state index contributed by atoms with van der Waals surface area (Å²) in [5.74, 6) is 1.98. The highest BCUT2D eigenvalue weighted by Gasteiger charge is 2.14. The smallest absolute Gasteiger partial charge is 0.129 e. The van der Waals surface area contributed by atoms with E-state index in [4.69, 9.17) is 4.74 Å². The van der Waals surface area contributed by atoms with Crippen LogP contribution in [0.2, 0.25) is 0 Å². The van der Waals surface area contributed by atoms with E-state index in [0.717, 1.165) is 42.0 Å². The molecule has 22 heavy (non-hydrogen) atoms. The minimum atomic E-state index is 0.876. The third-order valence-corrected chi connectivity index (χ3v) is 5.27. The lowest BCUT2D eigenvalue weighted by Crippen LogP contribution is -2.30. The zero-order valence-corrected chi connectivity index (χ0v) is 15.2. The van der Waals surface area contributed by atoms with Crippen molar-refractivity contribution in [2.24, 2.45) is 4.99 Å². The van der Waals surface area contributed by atoms with Gasteiger partial charge < -0.3 is 10.1 Å². The van der Waals surface area contributed by atoms with Crippen molar-refractivity contribution in [3.63, 3.8) is 0 Å². The Balaban J connectivity index is 1.88. The molecule has 0 aliphatic carbocycles. The van der Waals surface area contributed by atoms with Gasteiger partial charge in [0.25, 0.3) is 0 Å².